The Balaban J connectivity index is 0.0000380. The minimum atomic E-state index is -2.08. The summed E-state index contributed by atoms with van der Waals surface area (Å²) in [7, 11) is 0. The van der Waals surface area contributed by atoms with Gasteiger partial charge < -0.3 is 147 Å². The smallest absolute Gasteiger partial charge is 0.317 e. The van der Waals surface area contributed by atoms with Crippen molar-refractivity contribution in [1.82, 2.24) is 105 Å². The number of benzene rings is 2. The number of carboxylic acids is 3. The molecule has 6 rings (SSSR count). The van der Waals surface area contributed by atoms with E-state index in [1.807, 2.05) is 0 Å². The Labute approximate surface area is 851 Å². The van der Waals surface area contributed by atoms with E-state index in [0.29, 0.717) is 46.2 Å². The van der Waals surface area contributed by atoms with Crippen LogP contribution in [0, 0.1) is 5.41 Å². The molecule has 2 aliphatic heterocycles. The van der Waals surface area contributed by atoms with Gasteiger partial charge in [-0.1, -0.05) is 140 Å². The minimum absolute atomic E-state index is 0. The number of para-hydroxylation sites is 1. The molecule has 814 valence electrons. The lowest BCUT2D eigenvalue weighted by Crippen LogP contribution is -2.62. The lowest BCUT2D eigenvalue weighted by atomic mass is 10.0. The molecule has 2 fully saturated rings. The number of fused-ring (bicyclic) bond motifs is 2. The second kappa shape index (κ2) is 68.1. The molecule has 12 atom stereocenters. The average Bonchev–Trinajstić information content (AvgIpc) is 1.62. The molecule has 2 aromatic carbocycles. The molecule has 2 aliphatic rings. The molecule has 0 bridgehead atoms. The molecular weight excluding hydrogens is 1920 g/mol. The van der Waals surface area contributed by atoms with Gasteiger partial charge in [-0.15, -0.1) is 0 Å². The number of amides is 17. The molecule has 0 radical (unpaired) electrons. The lowest BCUT2D eigenvalue weighted by molar-refractivity contribution is -0.143. The van der Waals surface area contributed by atoms with Gasteiger partial charge in [0, 0.05) is 107 Å². The fraction of sp³-hybridized carbons (Fsp3) is 0.604. The van der Waals surface area contributed by atoms with Crippen LogP contribution in [0.1, 0.15) is 205 Å². The summed E-state index contributed by atoms with van der Waals surface area (Å²) in [4.78, 5) is 287. The number of hydrogen-bond donors (Lipinski definition) is 26. The minimum Gasteiger partial charge on any atom is -0.481 e. The highest BCUT2D eigenvalue weighted by atomic mass is 16.5. The van der Waals surface area contributed by atoms with Crippen LogP contribution in [0.3, 0.4) is 0 Å². The number of guanidine groups is 1. The van der Waals surface area contributed by atoms with Gasteiger partial charge in [0.2, 0.25) is 100 Å². The number of primary amides is 2. The standard InChI is InChI=1S/C95H144N24O27.CH4/c1-2-3-27-65(85(135)113-68-34-36-77(124)101-37-22-21-29-64(84(97)134)109-89(139)70(44-59-47-104-63-28-20-19-26-62(59)63)114-86(136)66(30-23-38-103-95(98)99)110-88(138)69(43-58-24-15-14-16-25-58)116-93(143)74-46-61(121)51-119(74)94(68)144)111-91(141)72(49-105-79(126)52-118(53-82(130)131)54-83(132)133)117-90(140)71(45-60-48-100-57-107-60)115-87(137)67(33-35-75(96)122)112-92(142)73(55-120)108-78(125)50-106-80(127)56-146-42-41-145-40-39-102-76(123)31-17-12-10-8-6-4-5-7-9-11-13-18-32-81(128)129;/h14-16,19-20,24-26,28,47-48,57,61,64-74,104,120-121H,2-13,17-18,21-23,27,29-46,49-56H2,1H3,(H2,96,122)(H2,97,134)(H,100,107)(H,101,124)(H,102,123)(H,105,126)(H,106,127)(H,108,125)(H,109,139)(H,110,138)(H,111,141)(H,112,142)(H,113,135)(H,114,136)(H,115,137)(H,116,143)(H,117,140)(H,128,129)(H,130,131)(H,132,133)(H4,98,99,103);1H4/t61-,64+,65+,66+,67+,68+,69-,70-,71+,72+,73+,74+;/m1./s1. The zero-order valence-corrected chi connectivity index (χ0v) is 82.3. The topological polar surface area (TPSA) is 794 Å². The van der Waals surface area contributed by atoms with Gasteiger partial charge >= 0.3 is 17.9 Å². The van der Waals surface area contributed by atoms with Crippen molar-refractivity contribution in [3.05, 3.63) is 90.1 Å². The summed E-state index contributed by atoms with van der Waals surface area (Å²) in [6.45, 7) is -4.95. The fourth-order valence-corrected chi connectivity index (χ4v) is 16.2. The van der Waals surface area contributed by atoms with Crippen molar-refractivity contribution < 1.29 is 131 Å². The maximum atomic E-state index is 15.5. The fourth-order valence-electron chi connectivity index (χ4n) is 16.2. The van der Waals surface area contributed by atoms with Crippen molar-refractivity contribution in [2.45, 2.75) is 280 Å². The molecule has 17 amide bonds. The molecule has 0 spiro atoms. The molecule has 2 saturated heterocycles. The van der Waals surface area contributed by atoms with Crippen LogP contribution in [0.15, 0.2) is 73.3 Å². The first kappa shape index (κ1) is 123. The van der Waals surface area contributed by atoms with E-state index >= 15 is 28.8 Å². The number of aliphatic carboxylic acids is 3. The van der Waals surface area contributed by atoms with Crippen LogP contribution < -0.4 is 97.0 Å². The van der Waals surface area contributed by atoms with E-state index in [2.05, 4.69) is 94.7 Å². The number of nitrogens with one attached hydrogen (secondary N) is 18. The van der Waals surface area contributed by atoms with Gasteiger partial charge in [0.05, 0.1) is 70.7 Å². The number of ether oxygens (including phenoxy) is 2. The van der Waals surface area contributed by atoms with Gasteiger partial charge in [-0.3, -0.25) is 106 Å². The van der Waals surface area contributed by atoms with Gasteiger partial charge in [-0.05, 0) is 81.4 Å². The van der Waals surface area contributed by atoms with Crippen LogP contribution in [-0.4, -0.2) is 339 Å². The molecule has 2 aromatic heterocycles. The Morgan fingerprint density at radius 1 is 0.558 bits per heavy atom. The number of aliphatic hydroxyl groups is 2. The molecule has 29 N–H and O–H groups in total. The quantitative estimate of drug-likeness (QED) is 0.0114. The first-order chi connectivity index (χ1) is 69.9. The van der Waals surface area contributed by atoms with Crippen LogP contribution >= 0.6 is 0 Å². The van der Waals surface area contributed by atoms with E-state index in [4.69, 9.17) is 37.2 Å². The zero-order valence-electron chi connectivity index (χ0n) is 82.3. The Morgan fingerprint density at radius 3 is 1.79 bits per heavy atom. The van der Waals surface area contributed by atoms with Crippen molar-refractivity contribution in [3.63, 3.8) is 0 Å². The monoisotopic (exact) mass is 2070 g/mol. The molecule has 51 heteroatoms. The molecule has 147 heavy (non-hydrogen) atoms. The normalized spacial score (nSPS) is 18.1. The van der Waals surface area contributed by atoms with E-state index in [1.165, 1.54) is 12.5 Å². The van der Waals surface area contributed by atoms with Crippen LogP contribution in [0.2, 0.25) is 0 Å². The third-order valence-electron chi connectivity index (χ3n) is 23.9. The summed E-state index contributed by atoms with van der Waals surface area (Å²) in [5.74, 6) is -21.2. The van der Waals surface area contributed by atoms with Crippen LogP contribution in [0.5, 0.6) is 0 Å². The number of aromatic nitrogens is 3. The van der Waals surface area contributed by atoms with Crippen molar-refractivity contribution >= 4 is 135 Å². The number of carbonyl (C=O) groups excluding carboxylic acids is 17. The summed E-state index contributed by atoms with van der Waals surface area (Å²) in [6.07, 6.45) is 11.7. The molecule has 4 aromatic rings. The third kappa shape index (κ3) is 48.5. The average molecular weight is 2070 g/mol. The van der Waals surface area contributed by atoms with Gasteiger partial charge in [-0.25, -0.2) is 4.98 Å². The number of carboxylic acid groups (broad SMARTS) is 3. The van der Waals surface area contributed by atoms with E-state index in [-0.39, 0.29) is 123 Å². The van der Waals surface area contributed by atoms with E-state index in [9.17, 15) is 87.5 Å². The Bertz CT molecular complexity index is 4940. The highest BCUT2D eigenvalue weighted by Crippen LogP contribution is 2.24. The summed E-state index contributed by atoms with van der Waals surface area (Å²) >= 11 is 0. The lowest BCUT2D eigenvalue weighted by Gasteiger charge is -2.31. The summed E-state index contributed by atoms with van der Waals surface area (Å²) in [5, 5.41) is 96.3. The molecule has 51 nitrogen and oxygen atoms in total. The number of hydrogen-bond acceptors (Lipinski definition) is 27. The maximum absolute atomic E-state index is 15.5. The van der Waals surface area contributed by atoms with Crippen LogP contribution in [0.25, 0.3) is 10.9 Å². The molecule has 0 aliphatic carbocycles. The third-order valence-corrected chi connectivity index (χ3v) is 23.9. The van der Waals surface area contributed by atoms with Gasteiger partial charge in [-0.2, -0.15) is 0 Å². The van der Waals surface area contributed by atoms with E-state index in [0.717, 1.165) is 75.5 Å². The van der Waals surface area contributed by atoms with Crippen molar-refractivity contribution in [3.8, 4) is 0 Å². The van der Waals surface area contributed by atoms with Crippen LogP contribution in [-0.2, 0) is 125 Å². The molecule has 0 unspecified atom stereocenters. The number of carbonyl (C=O) groups is 20. The predicted molar refractivity (Wildman–Crippen MR) is 531 cm³/mol. The Hall–Kier alpha value is -14.3. The van der Waals surface area contributed by atoms with Gasteiger partial charge in [0.25, 0.3) is 0 Å². The zero-order chi connectivity index (χ0) is 107. The first-order valence-electron chi connectivity index (χ1n) is 49.3. The molecular formula is C96H148N24O27. The summed E-state index contributed by atoms with van der Waals surface area (Å²) in [5.41, 5.74) is 18.8. The predicted octanol–water partition coefficient (Wildman–Crippen LogP) is -3.96. The Morgan fingerprint density at radius 2 is 1.15 bits per heavy atom. The van der Waals surface area contributed by atoms with Gasteiger partial charge in [0.1, 0.15) is 73.1 Å². The van der Waals surface area contributed by atoms with Crippen molar-refractivity contribution in [2.24, 2.45) is 17.2 Å². The highest BCUT2D eigenvalue weighted by molar-refractivity contribution is 6.01. The van der Waals surface area contributed by atoms with Crippen LogP contribution in [0.4, 0.5) is 0 Å². The first-order valence-corrected chi connectivity index (χ1v) is 49.3. The van der Waals surface area contributed by atoms with Gasteiger partial charge in [0.15, 0.2) is 5.96 Å². The van der Waals surface area contributed by atoms with Crippen molar-refractivity contribution in [1.29, 1.82) is 5.41 Å². The number of H-pyrrole nitrogens is 2. The molecule has 0 saturated carbocycles. The number of nitrogens with zero attached hydrogens (tertiary/aromatic N) is 3. The number of rotatable bonds is 62. The summed E-state index contributed by atoms with van der Waals surface area (Å²) in [6, 6.07) is -3.51. The number of unbranched alkanes of at least 4 members (excludes halogenated alkanes) is 12. The summed E-state index contributed by atoms with van der Waals surface area (Å²) < 4.78 is 10.8. The van der Waals surface area contributed by atoms with Crippen molar-refractivity contribution in [2.75, 3.05) is 91.9 Å². The Kier molecular flexibility index (Phi) is 57.1. The number of aromatic amines is 2. The second-order valence-electron chi connectivity index (χ2n) is 35.8. The largest absolute Gasteiger partial charge is 0.481 e. The number of imidazole rings is 1. The molecule has 4 heterocycles. The SMILES string of the molecule is C.CCCC[C@H](NC(=O)[C@H](CNC(=O)CN(CC(=O)O)CC(=O)O)NC(=O)[C@H](Cc1c[nH]cn1)NC(=O)[C@H](CCC(N)=O)NC(=O)[C@H](CO)NC(=O)CNC(=O)COCCOCCNC(=O)CCCCCCCCCCCCCCC(=O)O)C(=O)N[C@H]1CCC(=O)NCCCC[C@@H](C(N)=O)NC(=O)[C@@H](Cc2c[nH]c3ccccc23)NC(=O)[C@H](CCCNC(=N)N)NC(=O)[C@@H](Cc2ccccc2)NC(=O)[C@@H]2C[C@@H](O)CN2C1=O. The number of aliphatic hydroxyl groups excluding tert-OH is 2. The highest BCUT2D eigenvalue weighted by Gasteiger charge is 2.45. The second-order valence-corrected chi connectivity index (χ2v) is 35.8. The van der Waals surface area contributed by atoms with E-state index in [1.54, 1.807) is 67.7 Å². The maximum Gasteiger partial charge on any atom is 0.317 e. The number of nitrogens with two attached hydrogens (primary N) is 3. The van der Waals surface area contributed by atoms with E-state index < -0.39 is 282 Å².